The van der Waals surface area contributed by atoms with E-state index < -0.39 is 11.4 Å². The van der Waals surface area contributed by atoms with Gasteiger partial charge in [-0.2, -0.15) is 0 Å². The Bertz CT molecular complexity index is 391. The van der Waals surface area contributed by atoms with Gasteiger partial charge in [0.15, 0.2) is 0 Å². The van der Waals surface area contributed by atoms with Crippen LogP contribution in [0.1, 0.15) is 44.6 Å². The van der Waals surface area contributed by atoms with Crippen LogP contribution >= 0.6 is 0 Å². The maximum absolute atomic E-state index is 11.6. The average Bonchev–Trinajstić information content (AvgIpc) is 2.23. The molecule has 1 aliphatic carbocycles. The molecule has 0 aliphatic heterocycles. The van der Waals surface area contributed by atoms with Crippen molar-refractivity contribution in [2.45, 2.75) is 39.0 Å². The van der Waals surface area contributed by atoms with Gasteiger partial charge in [0, 0.05) is 5.92 Å². The zero-order valence-electron chi connectivity index (χ0n) is 10.5. The summed E-state index contributed by atoms with van der Waals surface area (Å²) in [6, 6.07) is 10.1. The SMILES string of the molecule is CC(C)C(c1ccccc1)C1(C(=O)O)CCC1. The summed E-state index contributed by atoms with van der Waals surface area (Å²) in [5.74, 6) is -0.130. The van der Waals surface area contributed by atoms with Crippen molar-refractivity contribution >= 4 is 5.97 Å². The number of rotatable bonds is 4. The monoisotopic (exact) mass is 232 g/mol. The second-order valence-electron chi connectivity index (χ2n) is 5.45. The fourth-order valence-electron chi connectivity index (χ4n) is 3.22. The lowest BCUT2D eigenvalue weighted by Gasteiger charge is -2.46. The number of hydrogen-bond acceptors (Lipinski definition) is 1. The van der Waals surface area contributed by atoms with E-state index in [1.165, 1.54) is 5.56 Å². The van der Waals surface area contributed by atoms with Gasteiger partial charge in [-0.05, 0) is 24.3 Å². The molecule has 1 aromatic carbocycles. The standard InChI is InChI=1S/C15H20O2/c1-11(2)13(12-7-4-3-5-8-12)15(14(16)17)9-6-10-15/h3-5,7-8,11,13H,6,9-10H2,1-2H3,(H,16,17). The topological polar surface area (TPSA) is 37.3 Å². The van der Waals surface area contributed by atoms with Crippen molar-refractivity contribution in [3.8, 4) is 0 Å². The molecule has 1 N–H and O–H groups in total. The van der Waals surface area contributed by atoms with E-state index in [0.29, 0.717) is 5.92 Å². The zero-order chi connectivity index (χ0) is 12.5. The Morgan fingerprint density at radius 3 is 2.18 bits per heavy atom. The number of aliphatic carboxylic acids is 1. The molecule has 0 radical (unpaired) electrons. The number of benzene rings is 1. The minimum absolute atomic E-state index is 0.134. The third-order valence-electron chi connectivity index (χ3n) is 4.09. The molecule has 0 amide bonds. The summed E-state index contributed by atoms with van der Waals surface area (Å²) in [6.07, 6.45) is 2.68. The highest BCUT2D eigenvalue weighted by Crippen LogP contribution is 2.54. The molecule has 1 fully saturated rings. The first-order valence-electron chi connectivity index (χ1n) is 6.36. The molecular formula is C15H20O2. The van der Waals surface area contributed by atoms with Gasteiger partial charge in [0.25, 0.3) is 0 Å². The molecule has 0 heterocycles. The largest absolute Gasteiger partial charge is 0.481 e. The molecular weight excluding hydrogens is 212 g/mol. The van der Waals surface area contributed by atoms with Crippen molar-refractivity contribution in [2.24, 2.45) is 11.3 Å². The molecule has 0 aromatic heterocycles. The van der Waals surface area contributed by atoms with Crippen LogP contribution in [0.25, 0.3) is 0 Å². The fourth-order valence-corrected chi connectivity index (χ4v) is 3.22. The number of carboxylic acid groups (broad SMARTS) is 1. The van der Waals surface area contributed by atoms with Gasteiger partial charge in [0.1, 0.15) is 0 Å². The first-order valence-corrected chi connectivity index (χ1v) is 6.36. The Hall–Kier alpha value is -1.31. The fraction of sp³-hybridized carbons (Fsp3) is 0.533. The summed E-state index contributed by atoms with van der Waals surface area (Å²) >= 11 is 0. The lowest BCUT2D eigenvalue weighted by atomic mass is 9.56. The summed E-state index contributed by atoms with van der Waals surface area (Å²) in [4.78, 5) is 11.6. The van der Waals surface area contributed by atoms with Gasteiger partial charge in [0.2, 0.25) is 0 Å². The molecule has 1 aromatic rings. The molecule has 2 heteroatoms. The van der Waals surface area contributed by atoms with E-state index >= 15 is 0 Å². The predicted octanol–water partition coefficient (Wildman–Crippen LogP) is 3.68. The van der Waals surface area contributed by atoms with Crippen LogP contribution in [0.3, 0.4) is 0 Å². The van der Waals surface area contributed by atoms with Gasteiger partial charge in [-0.3, -0.25) is 4.79 Å². The minimum Gasteiger partial charge on any atom is -0.481 e. The van der Waals surface area contributed by atoms with Crippen LogP contribution in [0, 0.1) is 11.3 Å². The van der Waals surface area contributed by atoms with Crippen molar-refractivity contribution < 1.29 is 9.90 Å². The molecule has 92 valence electrons. The molecule has 1 unspecified atom stereocenters. The first kappa shape index (κ1) is 12.2. The van der Waals surface area contributed by atoms with Gasteiger partial charge in [-0.15, -0.1) is 0 Å². The quantitative estimate of drug-likeness (QED) is 0.859. The predicted molar refractivity (Wildman–Crippen MR) is 67.9 cm³/mol. The van der Waals surface area contributed by atoms with Gasteiger partial charge in [-0.1, -0.05) is 50.6 Å². The third kappa shape index (κ3) is 1.97. The van der Waals surface area contributed by atoms with Gasteiger partial charge in [0.05, 0.1) is 5.41 Å². The smallest absolute Gasteiger partial charge is 0.310 e. The van der Waals surface area contributed by atoms with Crippen molar-refractivity contribution in [3.05, 3.63) is 35.9 Å². The van der Waals surface area contributed by atoms with Crippen LogP contribution in [0.4, 0.5) is 0 Å². The van der Waals surface area contributed by atoms with E-state index in [9.17, 15) is 9.90 Å². The average molecular weight is 232 g/mol. The van der Waals surface area contributed by atoms with Crippen LogP contribution in [-0.4, -0.2) is 11.1 Å². The Labute approximate surface area is 103 Å². The van der Waals surface area contributed by atoms with E-state index in [-0.39, 0.29) is 5.92 Å². The summed E-state index contributed by atoms with van der Waals surface area (Å²) in [5, 5.41) is 9.56. The highest BCUT2D eigenvalue weighted by molar-refractivity contribution is 5.77. The lowest BCUT2D eigenvalue weighted by Crippen LogP contribution is -2.45. The van der Waals surface area contributed by atoms with E-state index in [1.807, 2.05) is 18.2 Å². The third-order valence-corrected chi connectivity index (χ3v) is 4.09. The van der Waals surface area contributed by atoms with Crippen molar-refractivity contribution in [1.82, 2.24) is 0 Å². The molecule has 17 heavy (non-hydrogen) atoms. The van der Waals surface area contributed by atoms with Gasteiger partial charge < -0.3 is 5.11 Å². The van der Waals surface area contributed by atoms with Crippen LogP contribution in [0.2, 0.25) is 0 Å². The Morgan fingerprint density at radius 1 is 1.24 bits per heavy atom. The van der Waals surface area contributed by atoms with E-state index in [4.69, 9.17) is 0 Å². The lowest BCUT2D eigenvalue weighted by molar-refractivity contribution is -0.158. The highest BCUT2D eigenvalue weighted by atomic mass is 16.4. The molecule has 0 bridgehead atoms. The molecule has 0 spiro atoms. The van der Waals surface area contributed by atoms with Crippen molar-refractivity contribution in [1.29, 1.82) is 0 Å². The summed E-state index contributed by atoms with van der Waals surface area (Å²) in [6.45, 7) is 4.25. The molecule has 1 saturated carbocycles. The van der Waals surface area contributed by atoms with Crippen LogP contribution in [-0.2, 0) is 4.79 Å². The second-order valence-corrected chi connectivity index (χ2v) is 5.45. The van der Waals surface area contributed by atoms with E-state index in [0.717, 1.165) is 19.3 Å². The normalized spacial score (nSPS) is 19.7. The maximum atomic E-state index is 11.6. The van der Waals surface area contributed by atoms with Gasteiger partial charge >= 0.3 is 5.97 Å². The molecule has 0 saturated heterocycles. The molecule has 1 atom stereocenters. The number of hydrogen-bond donors (Lipinski definition) is 1. The second kappa shape index (κ2) is 4.52. The van der Waals surface area contributed by atoms with Crippen LogP contribution in [0.15, 0.2) is 30.3 Å². The first-order chi connectivity index (χ1) is 8.08. The molecule has 2 rings (SSSR count). The minimum atomic E-state index is -0.619. The number of carboxylic acids is 1. The Morgan fingerprint density at radius 2 is 1.82 bits per heavy atom. The molecule has 2 nitrogen and oxygen atoms in total. The molecule has 1 aliphatic rings. The van der Waals surface area contributed by atoms with E-state index in [2.05, 4.69) is 26.0 Å². The Kier molecular flexibility index (Phi) is 3.23. The number of carbonyl (C=O) groups is 1. The maximum Gasteiger partial charge on any atom is 0.310 e. The summed E-state index contributed by atoms with van der Waals surface area (Å²) < 4.78 is 0. The van der Waals surface area contributed by atoms with Crippen LogP contribution < -0.4 is 0 Å². The summed E-state index contributed by atoms with van der Waals surface area (Å²) in [7, 11) is 0. The Balaban J connectivity index is 2.39. The summed E-state index contributed by atoms with van der Waals surface area (Å²) in [5.41, 5.74) is 0.653. The zero-order valence-corrected chi connectivity index (χ0v) is 10.5. The van der Waals surface area contributed by atoms with Gasteiger partial charge in [-0.25, -0.2) is 0 Å². The van der Waals surface area contributed by atoms with E-state index in [1.54, 1.807) is 0 Å². The van der Waals surface area contributed by atoms with Crippen molar-refractivity contribution in [2.75, 3.05) is 0 Å². The highest BCUT2D eigenvalue weighted by Gasteiger charge is 2.51. The van der Waals surface area contributed by atoms with Crippen LogP contribution in [0.5, 0.6) is 0 Å². The van der Waals surface area contributed by atoms with Crippen molar-refractivity contribution in [3.63, 3.8) is 0 Å².